The summed E-state index contributed by atoms with van der Waals surface area (Å²) in [6, 6.07) is 11.3. The van der Waals surface area contributed by atoms with Gasteiger partial charge in [0.05, 0.1) is 4.90 Å². The van der Waals surface area contributed by atoms with E-state index < -0.39 is 28.1 Å². The highest BCUT2D eigenvalue weighted by Gasteiger charge is 2.22. The summed E-state index contributed by atoms with van der Waals surface area (Å²) in [7, 11) is -2.33. The highest BCUT2D eigenvalue weighted by atomic mass is 35.5. The van der Waals surface area contributed by atoms with E-state index in [1.807, 2.05) is 0 Å². The van der Waals surface area contributed by atoms with Crippen LogP contribution in [0.2, 0.25) is 5.02 Å². The Morgan fingerprint density at radius 2 is 1.69 bits per heavy atom. The molecule has 0 fully saturated rings. The summed E-state index contributed by atoms with van der Waals surface area (Å²) in [5.41, 5.74) is 0.645. The first-order valence-corrected chi connectivity index (χ1v) is 9.46. The van der Waals surface area contributed by atoms with E-state index >= 15 is 0 Å². The van der Waals surface area contributed by atoms with Crippen molar-refractivity contribution in [2.75, 3.05) is 12.8 Å². The summed E-state index contributed by atoms with van der Waals surface area (Å²) in [5.74, 6) is -1.27. The Morgan fingerprint density at radius 3 is 2.23 bits per heavy atom. The zero-order valence-electron chi connectivity index (χ0n) is 13.7. The predicted octanol–water partition coefficient (Wildman–Crippen LogP) is 3.37. The van der Waals surface area contributed by atoms with E-state index in [1.54, 1.807) is 0 Å². The molecule has 140 valence electrons. The minimum Gasteiger partial charge on any atom is -0.435 e. The standard InChI is InChI=1S/C17H16ClF2NO4S/c1-21(10-12-2-6-14(7-3-12)25-17(19)20)16(22)11-26(23,24)15-8-4-13(18)5-9-15/h2-9,17H,10-11H2,1H3. The van der Waals surface area contributed by atoms with Gasteiger partial charge in [0, 0.05) is 18.6 Å². The average Bonchev–Trinajstić information content (AvgIpc) is 2.56. The van der Waals surface area contributed by atoms with Gasteiger partial charge in [-0.15, -0.1) is 0 Å². The Labute approximate surface area is 155 Å². The van der Waals surface area contributed by atoms with Crippen molar-refractivity contribution in [2.24, 2.45) is 0 Å². The topological polar surface area (TPSA) is 63.7 Å². The van der Waals surface area contributed by atoms with E-state index in [4.69, 9.17) is 11.6 Å². The Kier molecular flexibility index (Phi) is 6.55. The molecule has 0 unspecified atom stereocenters. The Hall–Kier alpha value is -2.19. The molecule has 0 aromatic heterocycles. The molecule has 26 heavy (non-hydrogen) atoms. The molecule has 0 bridgehead atoms. The number of carbonyl (C=O) groups excluding carboxylic acids is 1. The summed E-state index contributed by atoms with van der Waals surface area (Å²) < 4.78 is 53.0. The molecule has 2 aromatic rings. The average molecular weight is 404 g/mol. The number of amides is 1. The Bertz CT molecular complexity index is 855. The maximum Gasteiger partial charge on any atom is 0.387 e. The van der Waals surface area contributed by atoms with Crippen LogP contribution >= 0.6 is 11.6 Å². The van der Waals surface area contributed by atoms with Crippen LogP contribution in [-0.2, 0) is 21.2 Å². The summed E-state index contributed by atoms with van der Waals surface area (Å²) in [6.45, 7) is -2.78. The molecule has 0 saturated carbocycles. The minimum atomic E-state index is -3.79. The zero-order valence-corrected chi connectivity index (χ0v) is 15.3. The van der Waals surface area contributed by atoms with Gasteiger partial charge in [0.1, 0.15) is 11.5 Å². The van der Waals surface area contributed by atoms with Crippen molar-refractivity contribution in [2.45, 2.75) is 18.1 Å². The Balaban J connectivity index is 1.99. The van der Waals surface area contributed by atoms with Gasteiger partial charge in [0.25, 0.3) is 0 Å². The summed E-state index contributed by atoms with van der Waals surface area (Å²) in [5, 5.41) is 0.395. The number of hydrogen-bond acceptors (Lipinski definition) is 4. The van der Waals surface area contributed by atoms with Crippen molar-refractivity contribution in [3.63, 3.8) is 0 Å². The number of rotatable bonds is 7. The van der Waals surface area contributed by atoms with Crippen LogP contribution in [0.3, 0.4) is 0 Å². The number of alkyl halides is 2. The van der Waals surface area contributed by atoms with Gasteiger partial charge in [-0.25, -0.2) is 8.42 Å². The van der Waals surface area contributed by atoms with E-state index in [-0.39, 0.29) is 17.2 Å². The van der Waals surface area contributed by atoms with Crippen LogP contribution < -0.4 is 4.74 Å². The van der Waals surface area contributed by atoms with Crippen molar-refractivity contribution in [3.8, 4) is 5.75 Å². The van der Waals surface area contributed by atoms with Gasteiger partial charge in [-0.05, 0) is 42.0 Å². The van der Waals surface area contributed by atoms with Crippen LogP contribution in [0.4, 0.5) is 8.78 Å². The molecule has 0 aliphatic heterocycles. The second-order valence-corrected chi connectivity index (χ2v) is 7.91. The second-order valence-electron chi connectivity index (χ2n) is 5.49. The summed E-state index contributed by atoms with van der Waals surface area (Å²) >= 11 is 5.73. The van der Waals surface area contributed by atoms with Gasteiger partial charge >= 0.3 is 6.61 Å². The minimum absolute atomic E-state index is 0.00282. The fraction of sp³-hybridized carbons (Fsp3) is 0.235. The molecule has 2 rings (SSSR count). The first-order valence-electron chi connectivity index (χ1n) is 7.43. The molecule has 9 heteroatoms. The molecule has 0 heterocycles. The van der Waals surface area contributed by atoms with Gasteiger partial charge in [-0.2, -0.15) is 8.78 Å². The third-order valence-electron chi connectivity index (χ3n) is 3.48. The fourth-order valence-corrected chi connectivity index (χ4v) is 3.53. The molecule has 0 saturated heterocycles. The molecule has 0 atom stereocenters. The van der Waals surface area contributed by atoms with Crippen molar-refractivity contribution in [3.05, 3.63) is 59.1 Å². The molecule has 1 amide bonds. The predicted molar refractivity (Wildman–Crippen MR) is 93.1 cm³/mol. The fourth-order valence-electron chi connectivity index (χ4n) is 2.14. The van der Waals surface area contributed by atoms with Crippen LogP contribution in [0.5, 0.6) is 5.75 Å². The Morgan fingerprint density at radius 1 is 1.12 bits per heavy atom. The van der Waals surface area contributed by atoms with E-state index in [1.165, 1.54) is 60.5 Å². The monoisotopic (exact) mass is 403 g/mol. The number of carbonyl (C=O) groups is 1. The lowest BCUT2D eigenvalue weighted by Crippen LogP contribution is -2.32. The van der Waals surface area contributed by atoms with E-state index in [0.717, 1.165) is 0 Å². The molecule has 0 aliphatic rings. The number of hydrogen-bond donors (Lipinski definition) is 0. The van der Waals surface area contributed by atoms with Gasteiger partial charge in [-0.1, -0.05) is 23.7 Å². The normalized spacial score (nSPS) is 11.4. The first-order chi connectivity index (χ1) is 12.2. The van der Waals surface area contributed by atoms with Crippen molar-refractivity contribution < 1.29 is 26.7 Å². The van der Waals surface area contributed by atoms with Crippen LogP contribution in [0.1, 0.15) is 5.56 Å². The summed E-state index contributed by atoms with van der Waals surface area (Å²) in [4.78, 5) is 13.5. The van der Waals surface area contributed by atoms with Crippen LogP contribution in [0.15, 0.2) is 53.4 Å². The molecule has 0 aliphatic carbocycles. The first kappa shape index (κ1) is 20.1. The van der Waals surface area contributed by atoms with E-state index in [0.29, 0.717) is 10.6 Å². The number of ether oxygens (including phenoxy) is 1. The molecular weight excluding hydrogens is 388 g/mol. The highest BCUT2D eigenvalue weighted by molar-refractivity contribution is 7.92. The van der Waals surface area contributed by atoms with E-state index in [9.17, 15) is 22.0 Å². The lowest BCUT2D eigenvalue weighted by Gasteiger charge is -2.17. The third kappa shape index (κ3) is 5.67. The number of sulfone groups is 1. The third-order valence-corrected chi connectivity index (χ3v) is 5.35. The van der Waals surface area contributed by atoms with Crippen LogP contribution in [0, 0.1) is 0 Å². The maximum atomic E-state index is 12.3. The van der Waals surface area contributed by atoms with Gasteiger partial charge in [0.15, 0.2) is 9.84 Å². The number of nitrogens with zero attached hydrogens (tertiary/aromatic N) is 1. The van der Waals surface area contributed by atoms with E-state index in [2.05, 4.69) is 4.74 Å². The SMILES string of the molecule is CN(Cc1ccc(OC(F)F)cc1)C(=O)CS(=O)(=O)c1ccc(Cl)cc1. The highest BCUT2D eigenvalue weighted by Crippen LogP contribution is 2.18. The molecule has 0 radical (unpaired) electrons. The van der Waals surface area contributed by atoms with Crippen LogP contribution in [-0.4, -0.2) is 38.6 Å². The number of halogens is 3. The van der Waals surface area contributed by atoms with Crippen LogP contribution in [0.25, 0.3) is 0 Å². The number of benzene rings is 2. The van der Waals surface area contributed by atoms with Crippen molar-refractivity contribution >= 4 is 27.3 Å². The lowest BCUT2D eigenvalue weighted by atomic mass is 10.2. The van der Waals surface area contributed by atoms with Crippen molar-refractivity contribution in [1.82, 2.24) is 4.90 Å². The molecular formula is C17H16ClF2NO4S. The van der Waals surface area contributed by atoms with Gasteiger partial charge in [0.2, 0.25) is 5.91 Å². The maximum absolute atomic E-state index is 12.3. The lowest BCUT2D eigenvalue weighted by molar-refractivity contribution is -0.127. The quantitative estimate of drug-likeness (QED) is 0.711. The zero-order chi connectivity index (χ0) is 19.3. The second kappa shape index (κ2) is 8.46. The molecule has 0 N–H and O–H groups in total. The van der Waals surface area contributed by atoms with Crippen molar-refractivity contribution in [1.29, 1.82) is 0 Å². The summed E-state index contributed by atoms with van der Waals surface area (Å²) in [6.07, 6.45) is 0. The smallest absolute Gasteiger partial charge is 0.387 e. The van der Waals surface area contributed by atoms with Gasteiger partial charge < -0.3 is 9.64 Å². The van der Waals surface area contributed by atoms with Gasteiger partial charge in [-0.3, -0.25) is 4.79 Å². The largest absolute Gasteiger partial charge is 0.435 e. The molecule has 2 aromatic carbocycles. The molecule has 0 spiro atoms. The molecule has 5 nitrogen and oxygen atoms in total.